The predicted molar refractivity (Wildman–Crippen MR) is 139 cm³/mol. The number of halogens is 1. The molecule has 1 heterocycles. The highest BCUT2D eigenvalue weighted by atomic mass is 35.5. The van der Waals surface area contributed by atoms with Crippen molar-refractivity contribution in [3.63, 3.8) is 0 Å². The van der Waals surface area contributed by atoms with Crippen LogP contribution >= 0.6 is 23.8 Å². The molecule has 8 heteroatoms. The normalized spacial score (nSPS) is 13.9. The fourth-order valence-corrected chi connectivity index (χ4v) is 4.30. The minimum Gasteiger partial charge on any atom is -0.365 e. The Hall–Kier alpha value is -2.64. The van der Waals surface area contributed by atoms with Gasteiger partial charge in [0, 0.05) is 37.7 Å². The van der Waals surface area contributed by atoms with Crippen molar-refractivity contribution in [2.75, 3.05) is 36.4 Å². The lowest BCUT2D eigenvalue weighted by molar-refractivity contribution is -0.134. The first-order valence-corrected chi connectivity index (χ1v) is 12.0. The van der Waals surface area contributed by atoms with Gasteiger partial charge < -0.3 is 15.1 Å². The number of nitrogens with zero attached hydrogens (tertiary/aromatic N) is 2. The van der Waals surface area contributed by atoms with E-state index in [-0.39, 0.29) is 22.8 Å². The fourth-order valence-electron chi connectivity index (χ4n) is 3.80. The number of amides is 2. The lowest BCUT2D eigenvalue weighted by atomic mass is 10.0. The van der Waals surface area contributed by atoms with Gasteiger partial charge in [-0.15, -0.1) is 0 Å². The summed E-state index contributed by atoms with van der Waals surface area (Å²) in [6.07, 6.45) is 0. The molecule has 0 spiro atoms. The summed E-state index contributed by atoms with van der Waals surface area (Å²) in [7, 11) is 0. The summed E-state index contributed by atoms with van der Waals surface area (Å²) in [5, 5.41) is 6.65. The average Bonchev–Trinajstić information content (AvgIpc) is 2.78. The van der Waals surface area contributed by atoms with Crippen LogP contribution in [0.25, 0.3) is 0 Å². The van der Waals surface area contributed by atoms with Crippen molar-refractivity contribution in [3.8, 4) is 0 Å². The zero-order valence-electron chi connectivity index (χ0n) is 19.5. The van der Waals surface area contributed by atoms with Crippen LogP contribution in [0.1, 0.15) is 49.5 Å². The van der Waals surface area contributed by atoms with Crippen molar-refractivity contribution in [3.05, 3.63) is 58.6 Å². The highest BCUT2D eigenvalue weighted by Crippen LogP contribution is 2.34. The van der Waals surface area contributed by atoms with E-state index in [0.717, 1.165) is 5.69 Å². The molecule has 1 saturated heterocycles. The lowest BCUT2D eigenvalue weighted by Gasteiger charge is -2.38. The Morgan fingerprint density at radius 1 is 0.970 bits per heavy atom. The van der Waals surface area contributed by atoms with Gasteiger partial charge in [-0.25, -0.2) is 0 Å². The molecule has 0 atom stereocenters. The number of anilines is 2. The van der Waals surface area contributed by atoms with Gasteiger partial charge in [0.25, 0.3) is 5.91 Å². The fraction of sp³-hybridized carbons (Fsp3) is 0.400. The highest BCUT2D eigenvalue weighted by Gasteiger charge is 2.25. The van der Waals surface area contributed by atoms with Crippen LogP contribution in [0.4, 0.5) is 11.4 Å². The SMILES string of the molecule is CC(C)C(=O)N1CCN(c2c(Cl)cccc2NC(=S)NC(=O)c2ccc(C(C)C)cc2)CC1. The largest absolute Gasteiger partial charge is 0.365 e. The number of benzene rings is 2. The van der Waals surface area contributed by atoms with Crippen LogP contribution in [0.2, 0.25) is 5.02 Å². The Labute approximate surface area is 206 Å². The summed E-state index contributed by atoms with van der Waals surface area (Å²) in [4.78, 5) is 29.0. The smallest absolute Gasteiger partial charge is 0.257 e. The number of carbonyl (C=O) groups excluding carboxylic acids is 2. The first-order chi connectivity index (χ1) is 15.7. The van der Waals surface area contributed by atoms with Crippen molar-refractivity contribution < 1.29 is 9.59 Å². The van der Waals surface area contributed by atoms with E-state index in [2.05, 4.69) is 29.4 Å². The van der Waals surface area contributed by atoms with Gasteiger partial charge in [0.15, 0.2) is 5.11 Å². The van der Waals surface area contributed by atoms with Crippen molar-refractivity contribution in [2.45, 2.75) is 33.6 Å². The first kappa shape index (κ1) is 25.0. The van der Waals surface area contributed by atoms with E-state index < -0.39 is 0 Å². The molecule has 0 bridgehead atoms. The van der Waals surface area contributed by atoms with E-state index >= 15 is 0 Å². The number of nitrogens with one attached hydrogen (secondary N) is 2. The summed E-state index contributed by atoms with van der Waals surface area (Å²) in [6.45, 7) is 10.6. The Bertz CT molecular complexity index is 1020. The molecule has 2 amide bonds. The van der Waals surface area contributed by atoms with Crippen LogP contribution in [0.5, 0.6) is 0 Å². The number of piperazine rings is 1. The molecule has 3 rings (SSSR count). The van der Waals surface area contributed by atoms with Crippen LogP contribution in [0.3, 0.4) is 0 Å². The van der Waals surface area contributed by atoms with Crippen LogP contribution in [0, 0.1) is 5.92 Å². The zero-order chi connectivity index (χ0) is 24.1. The maximum atomic E-state index is 12.6. The van der Waals surface area contributed by atoms with Crippen molar-refractivity contribution >= 4 is 52.1 Å². The molecule has 1 aliphatic heterocycles. The molecule has 0 aromatic heterocycles. The summed E-state index contributed by atoms with van der Waals surface area (Å²) >= 11 is 12.0. The number of rotatable bonds is 5. The van der Waals surface area contributed by atoms with Gasteiger partial charge in [-0.1, -0.05) is 57.5 Å². The van der Waals surface area contributed by atoms with Gasteiger partial charge in [-0.05, 0) is 48.0 Å². The summed E-state index contributed by atoms with van der Waals surface area (Å²) < 4.78 is 0. The van der Waals surface area contributed by atoms with Crippen molar-refractivity contribution in [2.24, 2.45) is 5.92 Å². The summed E-state index contributed by atoms with van der Waals surface area (Å²) in [5.41, 5.74) is 3.24. The molecule has 1 aliphatic rings. The molecule has 0 saturated carbocycles. The van der Waals surface area contributed by atoms with E-state index in [1.165, 1.54) is 5.56 Å². The predicted octanol–water partition coefficient (Wildman–Crippen LogP) is 4.89. The molecule has 0 unspecified atom stereocenters. The number of hydrogen-bond donors (Lipinski definition) is 2. The monoisotopic (exact) mass is 486 g/mol. The maximum absolute atomic E-state index is 12.6. The molecular formula is C25H31ClN4O2S. The quantitative estimate of drug-likeness (QED) is 0.589. The van der Waals surface area contributed by atoms with Crippen molar-refractivity contribution in [1.29, 1.82) is 0 Å². The average molecular weight is 487 g/mol. The molecule has 0 aliphatic carbocycles. The Balaban J connectivity index is 1.67. The van der Waals surface area contributed by atoms with E-state index in [4.69, 9.17) is 23.8 Å². The second-order valence-corrected chi connectivity index (χ2v) is 9.60. The van der Waals surface area contributed by atoms with Gasteiger partial charge in [0.2, 0.25) is 5.91 Å². The third-order valence-electron chi connectivity index (χ3n) is 5.70. The zero-order valence-corrected chi connectivity index (χ0v) is 21.1. The lowest BCUT2D eigenvalue weighted by Crippen LogP contribution is -2.50. The van der Waals surface area contributed by atoms with Crippen LogP contribution < -0.4 is 15.5 Å². The Morgan fingerprint density at radius 3 is 2.18 bits per heavy atom. The number of carbonyl (C=O) groups is 2. The summed E-state index contributed by atoms with van der Waals surface area (Å²) in [5.74, 6) is 0.276. The molecule has 2 aromatic carbocycles. The van der Waals surface area contributed by atoms with Gasteiger partial charge in [-0.2, -0.15) is 0 Å². The van der Waals surface area contributed by atoms with Gasteiger partial charge >= 0.3 is 0 Å². The van der Waals surface area contributed by atoms with Gasteiger partial charge in [0.05, 0.1) is 16.4 Å². The molecular weight excluding hydrogens is 456 g/mol. The van der Waals surface area contributed by atoms with Crippen LogP contribution in [-0.2, 0) is 4.79 Å². The standard InChI is InChI=1S/C25H31ClN4O2S/c1-16(2)18-8-10-19(11-9-18)23(31)28-25(33)27-21-7-5-6-20(26)22(21)29-12-14-30(15-13-29)24(32)17(3)4/h5-11,16-17H,12-15H2,1-4H3,(H2,27,28,31,33). The topological polar surface area (TPSA) is 64.7 Å². The molecule has 2 N–H and O–H groups in total. The second kappa shape index (κ2) is 11.0. The third-order valence-corrected chi connectivity index (χ3v) is 6.21. The molecule has 176 valence electrons. The first-order valence-electron chi connectivity index (χ1n) is 11.2. The number of para-hydroxylation sites is 1. The molecule has 0 radical (unpaired) electrons. The number of thiocarbonyl (C=S) groups is 1. The van der Waals surface area contributed by atoms with Crippen LogP contribution in [-0.4, -0.2) is 48.0 Å². The van der Waals surface area contributed by atoms with E-state index in [1.54, 1.807) is 12.1 Å². The van der Waals surface area contributed by atoms with E-state index in [1.807, 2.05) is 49.1 Å². The van der Waals surface area contributed by atoms with Crippen LogP contribution in [0.15, 0.2) is 42.5 Å². The Kier molecular flexibility index (Phi) is 8.32. The van der Waals surface area contributed by atoms with Crippen molar-refractivity contribution in [1.82, 2.24) is 10.2 Å². The molecule has 33 heavy (non-hydrogen) atoms. The minimum absolute atomic E-state index is 0.0170. The Morgan fingerprint density at radius 2 is 1.61 bits per heavy atom. The van der Waals surface area contributed by atoms with Gasteiger partial charge in [-0.3, -0.25) is 14.9 Å². The van der Waals surface area contributed by atoms with Gasteiger partial charge in [0.1, 0.15) is 0 Å². The second-order valence-electron chi connectivity index (χ2n) is 8.79. The molecule has 1 fully saturated rings. The maximum Gasteiger partial charge on any atom is 0.257 e. The highest BCUT2D eigenvalue weighted by molar-refractivity contribution is 7.80. The summed E-state index contributed by atoms with van der Waals surface area (Å²) in [6, 6.07) is 13.0. The minimum atomic E-state index is -0.271. The van der Waals surface area contributed by atoms with E-state index in [0.29, 0.717) is 48.4 Å². The molecule has 2 aromatic rings. The van der Waals surface area contributed by atoms with E-state index in [9.17, 15) is 9.59 Å². The third kappa shape index (κ3) is 6.24. The number of hydrogen-bond acceptors (Lipinski definition) is 4. The molecule has 6 nitrogen and oxygen atoms in total.